The van der Waals surface area contributed by atoms with Crippen molar-refractivity contribution < 1.29 is 14.6 Å². The molecule has 1 aromatic rings. The van der Waals surface area contributed by atoms with Crippen LogP contribution in [0.5, 0.6) is 0 Å². The number of pyridine rings is 1. The van der Waals surface area contributed by atoms with Crippen molar-refractivity contribution in [3.05, 3.63) is 17.8 Å². The first-order valence-electron chi connectivity index (χ1n) is 10.6. The molecule has 0 radical (unpaired) electrons. The Morgan fingerprint density at radius 3 is 2.75 bits per heavy atom. The molecule has 4 saturated carbocycles. The number of ether oxygens (including phenoxy) is 1. The van der Waals surface area contributed by atoms with E-state index in [4.69, 9.17) is 10.5 Å². The number of likely N-dealkylation sites (tertiary alicyclic amines) is 1. The second-order valence-corrected chi connectivity index (χ2v) is 9.49. The van der Waals surface area contributed by atoms with E-state index < -0.39 is 5.60 Å². The molecule has 1 saturated heterocycles. The minimum atomic E-state index is -0.494. The second kappa shape index (κ2) is 6.51. The van der Waals surface area contributed by atoms with Crippen LogP contribution in [0.2, 0.25) is 0 Å². The van der Waals surface area contributed by atoms with Crippen LogP contribution in [0.3, 0.4) is 0 Å². The SMILES string of the molecule is Cc1nc(N[C@@H]2CCN(C(=O)O[C@H]3C4CC5CC3C[C@](O)(C5)C4)C2)ccc1N. The maximum atomic E-state index is 12.8. The van der Waals surface area contributed by atoms with Gasteiger partial charge in [-0.15, -0.1) is 0 Å². The molecule has 5 aliphatic rings. The normalized spacial score (nSPS) is 38.6. The van der Waals surface area contributed by atoms with Crippen molar-refractivity contribution in [1.29, 1.82) is 0 Å². The van der Waals surface area contributed by atoms with Crippen molar-refractivity contribution in [2.75, 3.05) is 24.1 Å². The molecule has 1 aromatic heterocycles. The van der Waals surface area contributed by atoms with Crippen molar-refractivity contribution in [1.82, 2.24) is 9.88 Å². The van der Waals surface area contributed by atoms with E-state index in [1.165, 1.54) is 0 Å². The Kier molecular flexibility index (Phi) is 4.19. The van der Waals surface area contributed by atoms with Gasteiger partial charge in [0.15, 0.2) is 0 Å². The van der Waals surface area contributed by atoms with Gasteiger partial charge < -0.3 is 25.8 Å². The number of hydrogen-bond donors (Lipinski definition) is 3. The van der Waals surface area contributed by atoms with E-state index in [-0.39, 0.29) is 18.2 Å². The van der Waals surface area contributed by atoms with Crippen molar-refractivity contribution >= 4 is 17.6 Å². The second-order valence-electron chi connectivity index (χ2n) is 9.49. The molecule has 4 N–H and O–H groups in total. The number of carbonyl (C=O) groups is 1. The summed E-state index contributed by atoms with van der Waals surface area (Å²) in [5, 5.41) is 14.1. The number of nitrogen functional groups attached to an aromatic ring is 1. The fourth-order valence-corrected chi connectivity index (χ4v) is 6.22. The highest BCUT2D eigenvalue weighted by Crippen LogP contribution is 2.56. The average molecular weight is 386 g/mol. The van der Waals surface area contributed by atoms with Gasteiger partial charge in [-0.3, -0.25) is 0 Å². The van der Waals surface area contributed by atoms with Crippen LogP contribution in [0, 0.1) is 24.7 Å². The van der Waals surface area contributed by atoms with Gasteiger partial charge >= 0.3 is 6.09 Å². The predicted octanol–water partition coefficient (Wildman–Crippen LogP) is 2.53. The summed E-state index contributed by atoms with van der Waals surface area (Å²) < 4.78 is 6.01. The molecule has 1 aliphatic heterocycles. The van der Waals surface area contributed by atoms with Gasteiger partial charge in [0.25, 0.3) is 0 Å². The molecule has 0 spiro atoms. The van der Waals surface area contributed by atoms with E-state index >= 15 is 0 Å². The predicted molar refractivity (Wildman–Crippen MR) is 106 cm³/mol. The molecule has 7 heteroatoms. The molecule has 28 heavy (non-hydrogen) atoms. The van der Waals surface area contributed by atoms with Crippen molar-refractivity contribution in [2.24, 2.45) is 17.8 Å². The van der Waals surface area contributed by atoms with E-state index in [9.17, 15) is 9.90 Å². The van der Waals surface area contributed by atoms with Crippen molar-refractivity contribution in [3.63, 3.8) is 0 Å². The minimum Gasteiger partial charge on any atom is -0.446 e. The van der Waals surface area contributed by atoms with E-state index in [1.807, 2.05) is 24.0 Å². The fourth-order valence-electron chi connectivity index (χ4n) is 6.22. The third-order valence-corrected chi connectivity index (χ3v) is 7.32. The summed E-state index contributed by atoms with van der Waals surface area (Å²) in [6.07, 6.45) is 5.40. The summed E-state index contributed by atoms with van der Waals surface area (Å²) in [4.78, 5) is 19.1. The molecular formula is C21H30N4O3. The standard InChI is InChI=1S/C21H30N4O3/c1-12-17(22)2-3-18(23-12)24-16-4-5-25(11-16)20(26)28-19-14-6-13-7-15(19)10-21(27,8-13)9-14/h2-3,13-16,19,27H,4-11,22H2,1H3,(H,23,24)/t13?,14?,15?,16-,19-,21-/m1/s1. The summed E-state index contributed by atoms with van der Waals surface area (Å²) in [6.45, 7) is 3.21. The molecular weight excluding hydrogens is 356 g/mol. The highest BCUT2D eigenvalue weighted by atomic mass is 16.6. The average Bonchev–Trinajstić information content (AvgIpc) is 3.08. The molecule has 2 unspecified atom stereocenters. The largest absolute Gasteiger partial charge is 0.446 e. The van der Waals surface area contributed by atoms with Crippen LogP contribution in [0.25, 0.3) is 0 Å². The Labute approximate surface area is 165 Å². The number of nitrogens with zero attached hydrogens (tertiary/aromatic N) is 2. The molecule has 0 aromatic carbocycles. The lowest BCUT2D eigenvalue weighted by molar-refractivity contribution is -0.177. The van der Waals surface area contributed by atoms with Crippen LogP contribution in [0.1, 0.15) is 44.2 Å². The number of aryl methyl sites for hydroxylation is 1. The van der Waals surface area contributed by atoms with Gasteiger partial charge in [0.2, 0.25) is 0 Å². The van der Waals surface area contributed by atoms with Crippen LogP contribution >= 0.6 is 0 Å². The smallest absolute Gasteiger partial charge is 0.410 e. The zero-order chi connectivity index (χ0) is 19.5. The number of aromatic nitrogens is 1. The number of anilines is 2. The number of amides is 1. The topological polar surface area (TPSA) is 101 Å². The van der Waals surface area contributed by atoms with Gasteiger partial charge in [-0.05, 0) is 75.3 Å². The van der Waals surface area contributed by atoms with Gasteiger partial charge in [0.1, 0.15) is 11.9 Å². The van der Waals surface area contributed by atoms with E-state index in [2.05, 4.69) is 10.3 Å². The van der Waals surface area contributed by atoms with Crippen LogP contribution in [0.4, 0.5) is 16.3 Å². The highest BCUT2D eigenvalue weighted by molar-refractivity contribution is 5.68. The summed E-state index contributed by atoms with van der Waals surface area (Å²) in [5.74, 6) is 2.08. The number of nitrogens with one attached hydrogen (secondary N) is 1. The maximum absolute atomic E-state index is 12.8. The summed E-state index contributed by atoms with van der Waals surface area (Å²) in [5.41, 5.74) is 6.83. The van der Waals surface area contributed by atoms with E-state index in [1.54, 1.807) is 0 Å². The molecule has 3 atom stereocenters. The van der Waals surface area contributed by atoms with Crippen molar-refractivity contribution in [2.45, 2.75) is 63.2 Å². The van der Waals surface area contributed by atoms with E-state index in [0.29, 0.717) is 36.5 Å². The lowest BCUT2D eigenvalue weighted by atomic mass is 9.53. The molecule has 2 heterocycles. The van der Waals surface area contributed by atoms with Crippen LogP contribution < -0.4 is 11.1 Å². The maximum Gasteiger partial charge on any atom is 0.410 e. The Balaban J connectivity index is 1.18. The van der Waals surface area contributed by atoms with Gasteiger partial charge in [-0.25, -0.2) is 9.78 Å². The zero-order valence-electron chi connectivity index (χ0n) is 16.4. The molecule has 152 valence electrons. The summed E-state index contributed by atoms with van der Waals surface area (Å²) >= 11 is 0. The summed E-state index contributed by atoms with van der Waals surface area (Å²) in [6, 6.07) is 3.90. The first kappa shape index (κ1) is 18.0. The third-order valence-electron chi connectivity index (χ3n) is 7.32. The van der Waals surface area contributed by atoms with Crippen molar-refractivity contribution in [3.8, 4) is 0 Å². The Morgan fingerprint density at radius 1 is 1.32 bits per heavy atom. The Morgan fingerprint density at radius 2 is 2.07 bits per heavy atom. The number of carbonyl (C=O) groups excluding carboxylic acids is 1. The fraction of sp³-hybridized carbons (Fsp3) is 0.714. The monoisotopic (exact) mass is 386 g/mol. The van der Waals surface area contributed by atoms with Gasteiger partial charge in [-0.2, -0.15) is 0 Å². The molecule has 7 nitrogen and oxygen atoms in total. The number of nitrogens with two attached hydrogens (primary N) is 1. The Hall–Kier alpha value is -2.02. The zero-order valence-corrected chi connectivity index (χ0v) is 16.4. The molecule has 1 amide bonds. The number of hydrogen-bond acceptors (Lipinski definition) is 6. The Bertz CT molecular complexity index is 769. The minimum absolute atomic E-state index is 0.0160. The van der Waals surface area contributed by atoms with Gasteiger partial charge in [0.05, 0.1) is 17.0 Å². The molecule has 4 bridgehead atoms. The van der Waals surface area contributed by atoms with Gasteiger partial charge in [0, 0.05) is 19.1 Å². The highest BCUT2D eigenvalue weighted by Gasteiger charge is 2.56. The molecule has 5 fully saturated rings. The number of aliphatic hydroxyl groups is 1. The lowest BCUT2D eigenvalue weighted by Crippen LogP contribution is -2.58. The summed E-state index contributed by atoms with van der Waals surface area (Å²) in [7, 11) is 0. The van der Waals surface area contributed by atoms with Crippen LogP contribution in [-0.2, 0) is 4.74 Å². The molecule has 4 aliphatic carbocycles. The quantitative estimate of drug-likeness (QED) is 0.738. The molecule has 6 rings (SSSR count). The van der Waals surface area contributed by atoms with Crippen LogP contribution in [-0.4, -0.2) is 51.9 Å². The lowest BCUT2D eigenvalue weighted by Gasteiger charge is -2.57. The first-order valence-corrected chi connectivity index (χ1v) is 10.6. The van der Waals surface area contributed by atoms with Gasteiger partial charge in [-0.1, -0.05) is 0 Å². The third kappa shape index (κ3) is 3.19. The van der Waals surface area contributed by atoms with E-state index in [0.717, 1.165) is 50.0 Å². The first-order chi connectivity index (χ1) is 13.4. The number of rotatable bonds is 3. The van der Waals surface area contributed by atoms with Crippen LogP contribution in [0.15, 0.2) is 12.1 Å².